The van der Waals surface area contributed by atoms with Crippen LogP contribution in [0.15, 0.2) is 0 Å². The number of ether oxygens (including phenoxy) is 1. The second-order valence-electron chi connectivity index (χ2n) is 2.88. The second kappa shape index (κ2) is 4.39. The first kappa shape index (κ1) is 9.44. The highest BCUT2D eigenvalue weighted by atomic mass is 16.5. The van der Waals surface area contributed by atoms with E-state index < -0.39 is 6.10 Å². The van der Waals surface area contributed by atoms with Gasteiger partial charge < -0.3 is 20.9 Å². The zero-order chi connectivity index (χ0) is 8.97. The summed E-state index contributed by atoms with van der Waals surface area (Å²) in [6.07, 6.45) is -0.165. The van der Waals surface area contributed by atoms with Gasteiger partial charge in [-0.05, 0) is 0 Å². The monoisotopic (exact) mass is 174 g/mol. The number of aliphatic hydroxyl groups is 1. The fourth-order valence-electron chi connectivity index (χ4n) is 1.12. The molecule has 5 heteroatoms. The number of hydrogen-bond donors (Lipinski definition) is 3. The minimum atomic E-state index is -0.460. The van der Waals surface area contributed by atoms with Crippen LogP contribution in [0.3, 0.4) is 0 Å². The highest BCUT2D eigenvalue weighted by Crippen LogP contribution is 2.04. The minimum Gasteiger partial charge on any atom is -0.389 e. The van der Waals surface area contributed by atoms with Crippen LogP contribution in [-0.2, 0) is 9.53 Å². The lowest BCUT2D eigenvalue weighted by Crippen LogP contribution is -2.40. The summed E-state index contributed by atoms with van der Waals surface area (Å²) in [5, 5.41) is 12.2. The molecule has 0 aromatic heterocycles. The number of carbonyl (C=O) groups excluding carboxylic acids is 1. The van der Waals surface area contributed by atoms with E-state index in [0.29, 0.717) is 26.2 Å². The Labute approximate surface area is 70.9 Å². The Morgan fingerprint density at radius 2 is 2.42 bits per heavy atom. The Bertz CT molecular complexity index is 163. The van der Waals surface area contributed by atoms with Crippen molar-refractivity contribution in [3.05, 3.63) is 0 Å². The Balaban J connectivity index is 2.10. The Kier molecular flexibility index (Phi) is 3.46. The molecular weight excluding hydrogens is 160 g/mol. The molecule has 1 heterocycles. The molecule has 0 spiro atoms. The summed E-state index contributed by atoms with van der Waals surface area (Å²) >= 11 is 0. The number of hydrogen-bond acceptors (Lipinski definition) is 4. The molecule has 0 radical (unpaired) electrons. The lowest BCUT2D eigenvalue weighted by atomic mass is 10.2. The Morgan fingerprint density at radius 3 is 2.92 bits per heavy atom. The lowest BCUT2D eigenvalue weighted by molar-refractivity contribution is -0.117. The summed E-state index contributed by atoms with van der Waals surface area (Å²) in [6, 6.07) is -0.0515. The molecule has 5 nitrogen and oxygen atoms in total. The van der Waals surface area contributed by atoms with Crippen molar-refractivity contribution in [2.24, 2.45) is 5.73 Å². The fraction of sp³-hybridized carbons (Fsp3) is 0.857. The highest BCUT2D eigenvalue weighted by Gasteiger charge is 2.25. The fourth-order valence-corrected chi connectivity index (χ4v) is 1.12. The number of rotatable bonds is 4. The highest BCUT2D eigenvalue weighted by molar-refractivity contribution is 5.73. The van der Waals surface area contributed by atoms with Gasteiger partial charge in [-0.2, -0.15) is 0 Å². The third kappa shape index (κ3) is 2.77. The first-order valence-electron chi connectivity index (χ1n) is 3.97. The number of aliphatic hydroxyl groups excluding tert-OH is 1. The lowest BCUT2D eigenvalue weighted by Gasteiger charge is -2.13. The van der Waals surface area contributed by atoms with Gasteiger partial charge in [-0.25, -0.2) is 0 Å². The largest absolute Gasteiger partial charge is 0.389 e. The summed E-state index contributed by atoms with van der Waals surface area (Å²) in [5.41, 5.74) is 4.94. The van der Waals surface area contributed by atoms with Crippen LogP contribution in [0, 0.1) is 0 Å². The van der Waals surface area contributed by atoms with Gasteiger partial charge in [0.15, 0.2) is 0 Å². The SMILES string of the molecule is NC(=O)CCNC1COCC1O. The summed E-state index contributed by atoms with van der Waals surface area (Å²) in [5.74, 6) is -0.337. The molecule has 0 aromatic rings. The van der Waals surface area contributed by atoms with Gasteiger partial charge in [0.05, 0.1) is 25.4 Å². The Morgan fingerprint density at radius 1 is 1.67 bits per heavy atom. The molecule has 0 aliphatic carbocycles. The normalized spacial score (nSPS) is 29.1. The van der Waals surface area contributed by atoms with Crippen LogP contribution in [0.2, 0.25) is 0 Å². The quantitative estimate of drug-likeness (QED) is 0.470. The minimum absolute atomic E-state index is 0.0515. The first-order chi connectivity index (χ1) is 5.70. The molecule has 1 rings (SSSR count). The van der Waals surface area contributed by atoms with Gasteiger partial charge in [0.25, 0.3) is 0 Å². The van der Waals surface area contributed by atoms with E-state index >= 15 is 0 Å². The van der Waals surface area contributed by atoms with Gasteiger partial charge in [0, 0.05) is 13.0 Å². The van der Waals surface area contributed by atoms with E-state index in [1.807, 2.05) is 0 Å². The summed E-state index contributed by atoms with van der Waals surface area (Å²) < 4.78 is 5.00. The summed E-state index contributed by atoms with van der Waals surface area (Å²) in [7, 11) is 0. The molecule has 1 fully saturated rings. The van der Waals surface area contributed by atoms with E-state index in [-0.39, 0.29) is 11.9 Å². The van der Waals surface area contributed by atoms with Crippen LogP contribution in [0.4, 0.5) is 0 Å². The third-order valence-corrected chi connectivity index (χ3v) is 1.83. The molecular formula is C7H14N2O3. The van der Waals surface area contributed by atoms with E-state index in [0.717, 1.165) is 0 Å². The van der Waals surface area contributed by atoms with Crippen molar-refractivity contribution < 1.29 is 14.6 Å². The van der Waals surface area contributed by atoms with E-state index in [9.17, 15) is 9.90 Å². The van der Waals surface area contributed by atoms with Crippen LogP contribution in [-0.4, -0.2) is 42.9 Å². The molecule has 0 bridgehead atoms. The molecule has 0 aromatic carbocycles. The summed E-state index contributed by atoms with van der Waals surface area (Å²) in [6.45, 7) is 1.37. The number of primary amides is 1. The van der Waals surface area contributed by atoms with E-state index in [1.165, 1.54) is 0 Å². The summed E-state index contributed by atoms with van der Waals surface area (Å²) in [4.78, 5) is 10.3. The average Bonchev–Trinajstić information content (AvgIpc) is 2.36. The molecule has 2 atom stereocenters. The van der Waals surface area contributed by atoms with Crippen LogP contribution in [0.25, 0.3) is 0 Å². The zero-order valence-corrected chi connectivity index (χ0v) is 6.82. The molecule has 0 saturated carbocycles. The zero-order valence-electron chi connectivity index (χ0n) is 6.82. The predicted octanol–water partition coefficient (Wildman–Crippen LogP) is -1.79. The topological polar surface area (TPSA) is 84.6 Å². The Hall–Kier alpha value is -0.650. The average molecular weight is 174 g/mol. The molecule has 1 aliphatic rings. The third-order valence-electron chi connectivity index (χ3n) is 1.83. The number of nitrogens with two attached hydrogens (primary N) is 1. The van der Waals surface area contributed by atoms with Crippen molar-refractivity contribution in [1.29, 1.82) is 0 Å². The number of nitrogens with one attached hydrogen (secondary N) is 1. The molecule has 1 saturated heterocycles. The molecule has 2 unspecified atom stereocenters. The second-order valence-corrected chi connectivity index (χ2v) is 2.88. The smallest absolute Gasteiger partial charge is 0.218 e. The van der Waals surface area contributed by atoms with Gasteiger partial charge in [-0.15, -0.1) is 0 Å². The van der Waals surface area contributed by atoms with Crippen molar-refractivity contribution in [2.75, 3.05) is 19.8 Å². The molecule has 4 N–H and O–H groups in total. The molecule has 70 valence electrons. The van der Waals surface area contributed by atoms with Crippen LogP contribution in [0.5, 0.6) is 0 Å². The van der Waals surface area contributed by atoms with Gasteiger partial charge in [0.1, 0.15) is 0 Å². The van der Waals surface area contributed by atoms with Crippen LogP contribution in [0.1, 0.15) is 6.42 Å². The van der Waals surface area contributed by atoms with Crippen molar-refractivity contribution >= 4 is 5.91 Å². The van der Waals surface area contributed by atoms with Gasteiger partial charge in [-0.3, -0.25) is 4.79 Å². The molecule has 12 heavy (non-hydrogen) atoms. The number of amides is 1. The maximum Gasteiger partial charge on any atom is 0.218 e. The van der Waals surface area contributed by atoms with E-state index in [4.69, 9.17) is 10.5 Å². The molecule has 1 aliphatic heterocycles. The van der Waals surface area contributed by atoms with Crippen LogP contribution < -0.4 is 11.1 Å². The maximum absolute atomic E-state index is 10.3. The predicted molar refractivity (Wildman–Crippen MR) is 42.4 cm³/mol. The van der Waals surface area contributed by atoms with Crippen LogP contribution >= 0.6 is 0 Å². The molecule has 1 amide bonds. The first-order valence-corrected chi connectivity index (χ1v) is 3.97. The van der Waals surface area contributed by atoms with Crippen molar-refractivity contribution in [3.8, 4) is 0 Å². The van der Waals surface area contributed by atoms with Crippen molar-refractivity contribution in [2.45, 2.75) is 18.6 Å². The van der Waals surface area contributed by atoms with Crippen molar-refractivity contribution in [3.63, 3.8) is 0 Å². The standard InChI is InChI=1S/C7H14N2O3/c8-7(11)1-2-9-5-3-12-4-6(5)10/h5-6,9-10H,1-4H2,(H2,8,11). The van der Waals surface area contributed by atoms with E-state index in [1.54, 1.807) is 0 Å². The van der Waals surface area contributed by atoms with Gasteiger partial charge >= 0.3 is 0 Å². The maximum atomic E-state index is 10.3. The number of carbonyl (C=O) groups is 1. The van der Waals surface area contributed by atoms with Gasteiger partial charge in [0.2, 0.25) is 5.91 Å². The van der Waals surface area contributed by atoms with E-state index in [2.05, 4.69) is 5.32 Å². The van der Waals surface area contributed by atoms with Gasteiger partial charge in [-0.1, -0.05) is 0 Å². The van der Waals surface area contributed by atoms with Crippen molar-refractivity contribution in [1.82, 2.24) is 5.32 Å².